The Morgan fingerprint density at radius 2 is 2.06 bits per heavy atom. The van der Waals surface area contributed by atoms with Crippen LogP contribution in [0, 0.1) is 0 Å². The predicted octanol–water partition coefficient (Wildman–Crippen LogP) is 2.94. The Labute approximate surface area is 210 Å². The van der Waals surface area contributed by atoms with E-state index in [1.807, 2.05) is 42.5 Å². The van der Waals surface area contributed by atoms with Crippen molar-refractivity contribution >= 4 is 32.8 Å². The minimum absolute atomic E-state index is 0.140. The van der Waals surface area contributed by atoms with E-state index in [2.05, 4.69) is 41.5 Å². The van der Waals surface area contributed by atoms with Gasteiger partial charge in [0.2, 0.25) is 0 Å². The fourth-order valence-corrected chi connectivity index (χ4v) is 4.53. The van der Waals surface area contributed by atoms with Gasteiger partial charge in [0.1, 0.15) is 18.2 Å². The first-order valence-electron chi connectivity index (χ1n) is 11.4. The molecular weight excluding hydrogens is 512 g/mol. The summed E-state index contributed by atoms with van der Waals surface area (Å²) in [6.07, 6.45) is 2.12. The normalized spacial score (nSPS) is 16.8. The topological polar surface area (TPSA) is 125 Å². The quantitative estimate of drug-likeness (QED) is 0.282. The first-order chi connectivity index (χ1) is 17.1. The maximum atomic E-state index is 9.86. The van der Waals surface area contributed by atoms with E-state index in [1.54, 1.807) is 6.20 Å². The van der Waals surface area contributed by atoms with Crippen LogP contribution in [0.1, 0.15) is 11.8 Å². The molecule has 2 atom stereocenters. The Kier molecular flexibility index (Phi) is 7.26. The maximum absolute atomic E-state index is 9.86. The number of anilines is 1. The highest BCUT2D eigenvalue weighted by Crippen LogP contribution is 2.37. The molecule has 1 aliphatic heterocycles. The first kappa shape index (κ1) is 23.7. The van der Waals surface area contributed by atoms with Gasteiger partial charge in [-0.05, 0) is 41.5 Å². The highest BCUT2D eigenvalue weighted by molar-refractivity contribution is 9.10. The summed E-state index contributed by atoms with van der Waals surface area (Å²) in [5, 5.41) is 26.3. The van der Waals surface area contributed by atoms with Crippen molar-refractivity contribution in [1.29, 1.82) is 0 Å². The van der Waals surface area contributed by atoms with E-state index in [-0.39, 0.29) is 19.3 Å². The molecule has 1 fully saturated rings. The summed E-state index contributed by atoms with van der Waals surface area (Å²) in [6.45, 7) is 1.91. The SMILES string of the molecule is OCC(O)CNc1ncnc2nc(-c3cccnc3C3CNCCO3)cc(-c3cccc(Br)c3)c12. The lowest BCUT2D eigenvalue weighted by atomic mass is 9.98. The van der Waals surface area contributed by atoms with Crippen molar-refractivity contribution in [3.8, 4) is 22.4 Å². The number of morpholine rings is 1. The number of aromatic nitrogens is 4. The van der Waals surface area contributed by atoms with E-state index in [0.29, 0.717) is 24.6 Å². The molecule has 1 aliphatic rings. The molecule has 3 aromatic heterocycles. The molecule has 4 aromatic rings. The van der Waals surface area contributed by atoms with Crippen molar-refractivity contribution in [3.63, 3.8) is 0 Å². The van der Waals surface area contributed by atoms with Crippen LogP contribution in [0.3, 0.4) is 0 Å². The zero-order valence-corrected chi connectivity index (χ0v) is 20.4. The van der Waals surface area contributed by atoms with Crippen molar-refractivity contribution in [1.82, 2.24) is 25.3 Å². The summed E-state index contributed by atoms with van der Waals surface area (Å²) >= 11 is 3.57. The first-order valence-corrected chi connectivity index (χ1v) is 12.2. The number of fused-ring (bicyclic) bond motifs is 1. The summed E-state index contributed by atoms with van der Waals surface area (Å²) < 4.78 is 6.93. The van der Waals surface area contributed by atoms with Gasteiger partial charge in [0, 0.05) is 35.9 Å². The Morgan fingerprint density at radius 1 is 1.14 bits per heavy atom. The van der Waals surface area contributed by atoms with Gasteiger partial charge in [-0.2, -0.15) is 0 Å². The Bertz CT molecular complexity index is 1330. The molecule has 0 bridgehead atoms. The third kappa shape index (κ3) is 5.16. The minimum atomic E-state index is -0.913. The highest BCUT2D eigenvalue weighted by atomic mass is 79.9. The molecule has 35 heavy (non-hydrogen) atoms. The Hall–Kier alpha value is -3.02. The lowest BCUT2D eigenvalue weighted by molar-refractivity contribution is 0.0254. The summed E-state index contributed by atoms with van der Waals surface area (Å²) in [7, 11) is 0. The second kappa shape index (κ2) is 10.7. The molecule has 10 heteroatoms. The van der Waals surface area contributed by atoms with Gasteiger partial charge in [-0.1, -0.05) is 28.1 Å². The number of aliphatic hydroxyl groups is 2. The number of ether oxygens (including phenoxy) is 1. The summed E-state index contributed by atoms with van der Waals surface area (Å²) in [6, 6.07) is 13.9. The maximum Gasteiger partial charge on any atom is 0.165 e. The van der Waals surface area contributed by atoms with Crippen LogP contribution in [0.4, 0.5) is 5.82 Å². The van der Waals surface area contributed by atoms with Crippen LogP contribution in [0.2, 0.25) is 0 Å². The average Bonchev–Trinajstić information content (AvgIpc) is 2.91. The summed E-state index contributed by atoms with van der Waals surface area (Å²) in [4.78, 5) is 18.4. The standard InChI is InChI=1S/C25H25BrN6O3/c26-16-4-1-3-15(9-16)19-10-20(18-5-2-6-28-23(18)21-12-27-7-8-35-21)32-25-22(19)24(30-14-31-25)29-11-17(34)13-33/h1-6,9-10,14,17,21,27,33-34H,7-8,11-13H2,(H,29,30,31,32). The van der Waals surface area contributed by atoms with E-state index >= 15 is 0 Å². The van der Waals surface area contributed by atoms with Gasteiger partial charge in [0.05, 0.1) is 36.1 Å². The van der Waals surface area contributed by atoms with E-state index in [0.717, 1.165) is 44.5 Å². The van der Waals surface area contributed by atoms with E-state index < -0.39 is 6.10 Å². The largest absolute Gasteiger partial charge is 0.394 e. The molecule has 1 aromatic carbocycles. The minimum Gasteiger partial charge on any atom is -0.394 e. The lowest BCUT2D eigenvalue weighted by Gasteiger charge is -2.25. The van der Waals surface area contributed by atoms with Crippen LogP contribution < -0.4 is 10.6 Å². The second-order valence-corrected chi connectivity index (χ2v) is 9.12. The molecule has 2 unspecified atom stereocenters. The number of hydrogen-bond acceptors (Lipinski definition) is 9. The molecule has 0 amide bonds. The predicted molar refractivity (Wildman–Crippen MR) is 137 cm³/mol. The molecule has 1 saturated heterocycles. The number of halogens is 1. The summed E-state index contributed by atoms with van der Waals surface area (Å²) in [5.74, 6) is 0.530. The molecule has 4 heterocycles. The monoisotopic (exact) mass is 536 g/mol. The van der Waals surface area contributed by atoms with E-state index in [9.17, 15) is 10.2 Å². The molecule has 0 aliphatic carbocycles. The number of hydrogen-bond donors (Lipinski definition) is 4. The fourth-order valence-electron chi connectivity index (χ4n) is 4.13. The zero-order valence-electron chi connectivity index (χ0n) is 18.9. The van der Waals surface area contributed by atoms with Crippen LogP contribution in [0.5, 0.6) is 0 Å². The van der Waals surface area contributed by atoms with Gasteiger partial charge in [-0.15, -0.1) is 0 Å². The number of aliphatic hydroxyl groups excluding tert-OH is 2. The van der Waals surface area contributed by atoms with Crippen LogP contribution in [-0.4, -0.2) is 69.1 Å². The molecule has 9 nitrogen and oxygen atoms in total. The van der Waals surface area contributed by atoms with Crippen LogP contribution >= 0.6 is 15.9 Å². The molecule has 180 valence electrons. The Balaban J connectivity index is 1.69. The van der Waals surface area contributed by atoms with Gasteiger partial charge in [-0.3, -0.25) is 4.98 Å². The molecule has 4 N–H and O–H groups in total. The van der Waals surface area contributed by atoms with Gasteiger partial charge in [0.25, 0.3) is 0 Å². The van der Waals surface area contributed by atoms with Crippen molar-refractivity contribution in [2.45, 2.75) is 12.2 Å². The fraction of sp³-hybridized carbons (Fsp3) is 0.280. The van der Waals surface area contributed by atoms with Crippen LogP contribution in [-0.2, 0) is 4.74 Å². The van der Waals surface area contributed by atoms with Crippen molar-refractivity contribution in [2.24, 2.45) is 0 Å². The highest BCUT2D eigenvalue weighted by Gasteiger charge is 2.23. The van der Waals surface area contributed by atoms with Crippen molar-refractivity contribution in [3.05, 3.63) is 65.2 Å². The number of nitrogens with one attached hydrogen (secondary N) is 2. The smallest absolute Gasteiger partial charge is 0.165 e. The van der Waals surface area contributed by atoms with Crippen molar-refractivity contribution < 1.29 is 14.9 Å². The second-order valence-electron chi connectivity index (χ2n) is 8.20. The van der Waals surface area contributed by atoms with Crippen molar-refractivity contribution in [2.75, 3.05) is 38.2 Å². The van der Waals surface area contributed by atoms with Gasteiger partial charge < -0.3 is 25.6 Å². The number of benzene rings is 1. The molecule has 0 spiro atoms. The number of nitrogens with zero attached hydrogens (tertiary/aromatic N) is 4. The average molecular weight is 537 g/mol. The number of pyridine rings is 2. The van der Waals surface area contributed by atoms with Crippen LogP contribution in [0.15, 0.2) is 59.5 Å². The lowest BCUT2D eigenvalue weighted by Crippen LogP contribution is -2.34. The molecule has 0 radical (unpaired) electrons. The van der Waals surface area contributed by atoms with Crippen LogP contribution in [0.25, 0.3) is 33.4 Å². The molecule has 5 rings (SSSR count). The number of rotatable bonds is 7. The molecular formula is C25H25BrN6O3. The van der Waals surface area contributed by atoms with Gasteiger partial charge >= 0.3 is 0 Å². The Morgan fingerprint density at radius 3 is 2.86 bits per heavy atom. The third-order valence-corrected chi connectivity index (χ3v) is 6.30. The van der Waals surface area contributed by atoms with E-state index in [1.165, 1.54) is 6.33 Å². The third-order valence-electron chi connectivity index (χ3n) is 5.80. The van der Waals surface area contributed by atoms with Gasteiger partial charge in [0.15, 0.2) is 5.65 Å². The molecule has 0 saturated carbocycles. The zero-order chi connectivity index (χ0) is 24.2. The summed E-state index contributed by atoms with van der Waals surface area (Å²) in [5.41, 5.74) is 4.77. The van der Waals surface area contributed by atoms with E-state index in [4.69, 9.17) is 9.72 Å². The van der Waals surface area contributed by atoms with Gasteiger partial charge in [-0.25, -0.2) is 15.0 Å².